The molecule has 1 N–H and O–H groups in total. The van der Waals surface area contributed by atoms with Gasteiger partial charge < -0.3 is 5.32 Å². The first-order valence-electron chi connectivity index (χ1n) is 7.07. The first kappa shape index (κ1) is 14.7. The third-order valence-corrected chi connectivity index (χ3v) is 3.50. The molecule has 2 aromatic rings. The maximum Gasteiger partial charge on any atom is 0.126 e. The molecule has 106 valence electrons. The summed E-state index contributed by atoms with van der Waals surface area (Å²) in [6, 6.07) is 12.3. The van der Waals surface area contributed by atoms with Gasteiger partial charge in [-0.15, -0.1) is 0 Å². The Balaban J connectivity index is 2.34. The summed E-state index contributed by atoms with van der Waals surface area (Å²) < 4.78 is 13.7. The molecule has 20 heavy (non-hydrogen) atoms. The summed E-state index contributed by atoms with van der Waals surface area (Å²) in [5, 5.41) is 3.41. The Morgan fingerprint density at radius 1 is 1.00 bits per heavy atom. The summed E-state index contributed by atoms with van der Waals surface area (Å²) >= 11 is 0. The van der Waals surface area contributed by atoms with Crippen LogP contribution in [-0.4, -0.2) is 6.04 Å². The zero-order chi connectivity index (χ0) is 14.7. The van der Waals surface area contributed by atoms with E-state index < -0.39 is 0 Å². The van der Waals surface area contributed by atoms with Crippen molar-refractivity contribution in [3.8, 4) is 11.1 Å². The van der Waals surface area contributed by atoms with Crippen LogP contribution in [0.3, 0.4) is 0 Å². The number of benzene rings is 2. The Bertz CT molecular complexity index is 602. The quantitative estimate of drug-likeness (QED) is 0.856. The van der Waals surface area contributed by atoms with E-state index in [1.807, 2.05) is 12.1 Å². The van der Waals surface area contributed by atoms with E-state index in [4.69, 9.17) is 0 Å². The maximum atomic E-state index is 13.7. The fourth-order valence-corrected chi connectivity index (χ4v) is 2.17. The van der Waals surface area contributed by atoms with Gasteiger partial charge in [0.05, 0.1) is 0 Å². The van der Waals surface area contributed by atoms with Crippen LogP contribution in [0.25, 0.3) is 11.1 Å². The Morgan fingerprint density at radius 3 is 2.35 bits per heavy atom. The highest BCUT2D eigenvalue weighted by Gasteiger charge is 2.06. The zero-order valence-electron chi connectivity index (χ0n) is 12.6. The predicted octanol–water partition coefficient (Wildman–Crippen LogP) is 4.61. The van der Waals surface area contributed by atoms with Crippen LogP contribution in [0.15, 0.2) is 36.4 Å². The standard InChI is InChI=1S/C18H22FN/c1-12(2)20-11-15-7-5-13(3)17(9-15)16-8-6-14(4)18(19)10-16/h5-10,12,20H,11H2,1-4H3. The number of rotatable bonds is 4. The fourth-order valence-electron chi connectivity index (χ4n) is 2.17. The van der Waals surface area contributed by atoms with Crippen LogP contribution in [0.4, 0.5) is 4.39 Å². The Labute approximate surface area is 120 Å². The molecule has 0 aliphatic carbocycles. The summed E-state index contributed by atoms with van der Waals surface area (Å²) in [5.41, 5.74) is 5.12. The third-order valence-electron chi connectivity index (χ3n) is 3.50. The van der Waals surface area contributed by atoms with E-state index in [1.54, 1.807) is 13.0 Å². The number of hydrogen-bond donors (Lipinski definition) is 1. The molecule has 0 unspecified atom stereocenters. The lowest BCUT2D eigenvalue weighted by molar-refractivity contribution is 0.589. The van der Waals surface area contributed by atoms with Gasteiger partial charge in [0.2, 0.25) is 0 Å². The summed E-state index contributed by atoms with van der Waals surface area (Å²) in [6.07, 6.45) is 0. The molecule has 0 saturated heterocycles. The zero-order valence-corrected chi connectivity index (χ0v) is 12.6. The molecule has 0 atom stereocenters. The van der Waals surface area contributed by atoms with Crippen LogP contribution < -0.4 is 5.32 Å². The Hall–Kier alpha value is -1.67. The molecular formula is C18H22FN. The molecular weight excluding hydrogens is 249 g/mol. The highest BCUT2D eigenvalue weighted by Crippen LogP contribution is 2.26. The molecule has 0 aliphatic rings. The van der Waals surface area contributed by atoms with E-state index >= 15 is 0 Å². The number of nitrogens with one attached hydrogen (secondary N) is 1. The average molecular weight is 271 g/mol. The van der Waals surface area contributed by atoms with Crippen molar-refractivity contribution >= 4 is 0 Å². The van der Waals surface area contributed by atoms with Crippen molar-refractivity contribution in [1.82, 2.24) is 5.32 Å². The minimum Gasteiger partial charge on any atom is -0.310 e. The number of hydrogen-bond acceptors (Lipinski definition) is 1. The second kappa shape index (κ2) is 6.19. The molecule has 2 heteroatoms. The van der Waals surface area contributed by atoms with Gasteiger partial charge in [-0.05, 0) is 53.8 Å². The van der Waals surface area contributed by atoms with Gasteiger partial charge in [-0.25, -0.2) is 4.39 Å². The minimum absolute atomic E-state index is 0.146. The normalized spacial score (nSPS) is 11.1. The van der Waals surface area contributed by atoms with Crippen LogP contribution in [-0.2, 0) is 6.54 Å². The number of aryl methyl sites for hydroxylation is 2. The molecule has 2 aromatic carbocycles. The van der Waals surface area contributed by atoms with E-state index in [-0.39, 0.29) is 5.82 Å². The Morgan fingerprint density at radius 2 is 1.70 bits per heavy atom. The van der Waals surface area contributed by atoms with Crippen molar-refractivity contribution in [2.24, 2.45) is 0 Å². The van der Waals surface area contributed by atoms with E-state index in [0.717, 1.165) is 17.7 Å². The van der Waals surface area contributed by atoms with Gasteiger partial charge in [0.1, 0.15) is 5.82 Å². The number of halogens is 1. The van der Waals surface area contributed by atoms with Crippen LogP contribution in [0.5, 0.6) is 0 Å². The van der Waals surface area contributed by atoms with Gasteiger partial charge in [-0.3, -0.25) is 0 Å². The van der Waals surface area contributed by atoms with Crippen molar-refractivity contribution < 1.29 is 4.39 Å². The van der Waals surface area contributed by atoms with Crippen molar-refractivity contribution in [1.29, 1.82) is 0 Å². The molecule has 0 saturated carbocycles. The monoisotopic (exact) mass is 271 g/mol. The van der Waals surface area contributed by atoms with Crippen LogP contribution in [0, 0.1) is 19.7 Å². The molecule has 0 aliphatic heterocycles. The molecule has 0 heterocycles. The van der Waals surface area contributed by atoms with Gasteiger partial charge >= 0.3 is 0 Å². The summed E-state index contributed by atoms with van der Waals surface area (Å²) in [4.78, 5) is 0. The van der Waals surface area contributed by atoms with Gasteiger partial charge in [0.15, 0.2) is 0 Å². The molecule has 0 spiro atoms. The lowest BCUT2D eigenvalue weighted by atomic mass is 9.97. The highest BCUT2D eigenvalue weighted by molar-refractivity contribution is 5.68. The SMILES string of the molecule is Cc1ccc(-c2cc(CNC(C)C)ccc2C)cc1F. The van der Waals surface area contributed by atoms with Gasteiger partial charge in [0.25, 0.3) is 0 Å². The molecule has 0 amide bonds. The van der Waals surface area contributed by atoms with E-state index in [9.17, 15) is 4.39 Å². The van der Waals surface area contributed by atoms with Gasteiger partial charge in [-0.1, -0.05) is 38.1 Å². The molecule has 0 aromatic heterocycles. The highest BCUT2D eigenvalue weighted by atomic mass is 19.1. The molecule has 0 fully saturated rings. The predicted molar refractivity (Wildman–Crippen MR) is 83.3 cm³/mol. The van der Waals surface area contributed by atoms with Crippen molar-refractivity contribution in [3.63, 3.8) is 0 Å². The lowest BCUT2D eigenvalue weighted by Crippen LogP contribution is -2.21. The largest absolute Gasteiger partial charge is 0.310 e. The third kappa shape index (κ3) is 3.45. The summed E-state index contributed by atoms with van der Waals surface area (Å²) in [6.45, 7) is 8.94. The topological polar surface area (TPSA) is 12.0 Å². The fraction of sp³-hybridized carbons (Fsp3) is 0.333. The van der Waals surface area contributed by atoms with Crippen molar-refractivity contribution in [2.75, 3.05) is 0 Å². The maximum absolute atomic E-state index is 13.7. The second-order valence-electron chi connectivity index (χ2n) is 5.65. The van der Waals surface area contributed by atoms with E-state index in [1.165, 1.54) is 11.1 Å². The first-order valence-corrected chi connectivity index (χ1v) is 7.07. The van der Waals surface area contributed by atoms with Crippen LogP contribution >= 0.6 is 0 Å². The lowest BCUT2D eigenvalue weighted by Gasteiger charge is -2.12. The summed E-state index contributed by atoms with van der Waals surface area (Å²) in [5.74, 6) is -0.146. The van der Waals surface area contributed by atoms with Gasteiger partial charge in [0, 0.05) is 12.6 Å². The van der Waals surface area contributed by atoms with Crippen LogP contribution in [0.2, 0.25) is 0 Å². The smallest absolute Gasteiger partial charge is 0.126 e. The molecule has 0 bridgehead atoms. The van der Waals surface area contributed by atoms with E-state index in [0.29, 0.717) is 11.6 Å². The van der Waals surface area contributed by atoms with Crippen molar-refractivity contribution in [2.45, 2.75) is 40.3 Å². The molecule has 0 radical (unpaired) electrons. The van der Waals surface area contributed by atoms with Crippen molar-refractivity contribution in [3.05, 3.63) is 58.9 Å². The Kier molecular flexibility index (Phi) is 4.56. The summed E-state index contributed by atoms with van der Waals surface area (Å²) in [7, 11) is 0. The molecule has 2 rings (SSSR count). The second-order valence-corrected chi connectivity index (χ2v) is 5.65. The van der Waals surface area contributed by atoms with E-state index in [2.05, 4.69) is 44.3 Å². The van der Waals surface area contributed by atoms with Crippen LogP contribution in [0.1, 0.15) is 30.5 Å². The molecule has 1 nitrogen and oxygen atoms in total. The average Bonchev–Trinajstić information content (AvgIpc) is 2.41. The minimum atomic E-state index is -0.146. The first-order chi connectivity index (χ1) is 9.47. The van der Waals surface area contributed by atoms with Gasteiger partial charge in [-0.2, -0.15) is 0 Å².